The highest BCUT2D eigenvalue weighted by atomic mass is 32.2. The lowest BCUT2D eigenvalue weighted by Crippen LogP contribution is -2.30. The lowest BCUT2D eigenvalue weighted by Gasteiger charge is -2.13. The van der Waals surface area contributed by atoms with Crippen LogP contribution in [0.5, 0.6) is 0 Å². The molecule has 0 aromatic carbocycles. The molecule has 0 radical (unpaired) electrons. The summed E-state index contributed by atoms with van der Waals surface area (Å²) in [6, 6.07) is 0. The van der Waals surface area contributed by atoms with Gasteiger partial charge in [0.25, 0.3) is 0 Å². The maximum atomic E-state index is 10.6. The fraction of sp³-hybridized carbons (Fsp3) is 0.714. The highest BCUT2D eigenvalue weighted by Gasteiger charge is 2.09. The first kappa shape index (κ1) is 11.3. The molecule has 0 aliphatic carbocycles. The van der Waals surface area contributed by atoms with Gasteiger partial charge in [0.05, 0.1) is 5.37 Å². The molecule has 0 aliphatic rings. The lowest BCUT2D eigenvalue weighted by atomic mass is 10.3. The first-order valence-corrected chi connectivity index (χ1v) is 4.86. The summed E-state index contributed by atoms with van der Waals surface area (Å²) in [5.74, 6) is -0.959. The van der Waals surface area contributed by atoms with Gasteiger partial charge < -0.3 is 10.4 Å². The van der Waals surface area contributed by atoms with Gasteiger partial charge in [-0.15, -0.1) is 11.8 Å². The van der Waals surface area contributed by atoms with Crippen LogP contribution in [0.15, 0.2) is 0 Å². The van der Waals surface area contributed by atoms with E-state index in [4.69, 9.17) is 5.11 Å². The molecule has 0 saturated heterocycles. The molecule has 4 nitrogen and oxygen atoms in total. The van der Waals surface area contributed by atoms with Gasteiger partial charge in [0.2, 0.25) is 5.91 Å². The Morgan fingerprint density at radius 1 is 1.58 bits per heavy atom. The number of carbonyl (C=O) groups excluding carboxylic acids is 1. The first-order chi connectivity index (χ1) is 5.56. The van der Waals surface area contributed by atoms with Gasteiger partial charge in [-0.3, -0.25) is 9.59 Å². The van der Waals surface area contributed by atoms with Gasteiger partial charge in [0.15, 0.2) is 0 Å². The Morgan fingerprint density at radius 3 is 2.50 bits per heavy atom. The number of thioether (sulfide) groups is 1. The van der Waals surface area contributed by atoms with Crippen LogP contribution in [0, 0.1) is 0 Å². The smallest absolute Gasteiger partial charge is 0.303 e. The number of carboxylic acid groups (broad SMARTS) is 1. The summed E-state index contributed by atoms with van der Waals surface area (Å²) in [7, 11) is 0. The molecule has 0 rings (SSSR count). The van der Waals surface area contributed by atoms with Gasteiger partial charge in [-0.2, -0.15) is 0 Å². The van der Waals surface area contributed by atoms with E-state index < -0.39 is 5.97 Å². The molecule has 0 saturated carbocycles. The van der Waals surface area contributed by atoms with Crippen LogP contribution in [-0.4, -0.2) is 28.6 Å². The van der Waals surface area contributed by atoms with E-state index in [9.17, 15) is 9.59 Å². The monoisotopic (exact) mass is 191 g/mol. The van der Waals surface area contributed by atoms with Crippen molar-refractivity contribution in [2.75, 3.05) is 6.26 Å². The van der Waals surface area contributed by atoms with Gasteiger partial charge >= 0.3 is 5.97 Å². The molecule has 1 unspecified atom stereocenters. The number of amides is 1. The van der Waals surface area contributed by atoms with E-state index in [0.717, 1.165) is 0 Å². The zero-order valence-corrected chi connectivity index (χ0v) is 7.98. The molecule has 0 aliphatic heterocycles. The van der Waals surface area contributed by atoms with Gasteiger partial charge in [-0.05, 0) is 12.7 Å². The second-order valence-electron chi connectivity index (χ2n) is 2.36. The average Bonchev–Trinajstić information content (AvgIpc) is 1.97. The van der Waals surface area contributed by atoms with E-state index in [2.05, 4.69) is 5.32 Å². The summed E-state index contributed by atoms with van der Waals surface area (Å²) in [6.07, 6.45) is 2.39. The van der Waals surface area contributed by atoms with E-state index in [1.807, 2.05) is 6.26 Å². The van der Waals surface area contributed by atoms with Crippen LogP contribution in [0.1, 0.15) is 19.8 Å². The topological polar surface area (TPSA) is 66.4 Å². The van der Waals surface area contributed by atoms with Crippen LogP contribution in [0.25, 0.3) is 0 Å². The van der Waals surface area contributed by atoms with Crippen molar-refractivity contribution in [3.63, 3.8) is 0 Å². The number of rotatable bonds is 5. The molecular formula is C7H13NO3S. The number of carboxylic acids is 1. The molecule has 0 fully saturated rings. The summed E-state index contributed by atoms with van der Waals surface area (Å²) >= 11 is 1.44. The van der Waals surface area contributed by atoms with Crippen molar-refractivity contribution < 1.29 is 14.7 Å². The van der Waals surface area contributed by atoms with Crippen LogP contribution in [0.2, 0.25) is 0 Å². The van der Waals surface area contributed by atoms with Crippen LogP contribution in [-0.2, 0) is 9.59 Å². The predicted octanol–water partition coefficient (Wildman–Crippen LogP) is 0.676. The zero-order valence-electron chi connectivity index (χ0n) is 7.16. The van der Waals surface area contributed by atoms with Crippen LogP contribution in [0.4, 0.5) is 0 Å². The number of nitrogens with one attached hydrogen (secondary N) is 1. The summed E-state index contributed by atoms with van der Waals surface area (Å²) in [5, 5.41) is 10.9. The Hall–Kier alpha value is -0.710. The fourth-order valence-electron chi connectivity index (χ4n) is 0.730. The molecule has 0 bridgehead atoms. The van der Waals surface area contributed by atoms with Crippen LogP contribution >= 0.6 is 11.8 Å². The van der Waals surface area contributed by atoms with Crippen LogP contribution in [0.3, 0.4) is 0 Å². The molecular weight excluding hydrogens is 178 g/mol. The largest absolute Gasteiger partial charge is 0.481 e. The fourth-order valence-corrected chi connectivity index (χ4v) is 1.37. The van der Waals surface area contributed by atoms with Crippen molar-refractivity contribution in [2.45, 2.75) is 25.1 Å². The van der Waals surface area contributed by atoms with Crippen molar-refractivity contribution in [1.82, 2.24) is 5.32 Å². The standard InChI is InChI=1S/C7H13NO3S/c1-5(9)8-6(12-2)3-4-7(10)11/h6H,3-4H2,1-2H3,(H,8,9)(H,10,11). The van der Waals surface area contributed by atoms with E-state index >= 15 is 0 Å². The molecule has 70 valence electrons. The van der Waals surface area contributed by atoms with Crippen LogP contribution < -0.4 is 5.32 Å². The third kappa shape index (κ3) is 6.03. The predicted molar refractivity (Wildman–Crippen MR) is 48.0 cm³/mol. The molecule has 12 heavy (non-hydrogen) atoms. The Bertz CT molecular complexity index is 172. The van der Waals surface area contributed by atoms with E-state index in [1.165, 1.54) is 18.7 Å². The maximum Gasteiger partial charge on any atom is 0.303 e. The van der Waals surface area contributed by atoms with E-state index in [1.54, 1.807) is 0 Å². The van der Waals surface area contributed by atoms with Crippen molar-refractivity contribution >= 4 is 23.6 Å². The van der Waals surface area contributed by atoms with Crippen molar-refractivity contribution in [3.8, 4) is 0 Å². The second kappa shape index (κ2) is 5.88. The molecule has 5 heteroatoms. The Balaban J connectivity index is 3.67. The Kier molecular flexibility index (Phi) is 5.53. The van der Waals surface area contributed by atoms with E-state index in [0.29, 0.717) is 6.42 Å². The number of hydrogen-bond donors (Lipinski definition) is 2. The molecule has 0 aromatic rings. The van der Waals surface area contributed by atoms with Gasteiger partial charge in [0.1, 0.15) is 0 Å². The summed E-state index contributed by atoms with van der Waals surface area (Å²) in [4.78, 5) is 20.8. The third-order valence-electron chi connectivity index (χ3n) is 1.27. The SMILES string of the molecule is CSC(CCC(=O)O)NC(C)=O. The molecule has 0 heterocycles. The minimum absolute atomic E-state index is 0.0846. The van der Waals surface area contributed by atoms with Gasteiger partial charge in [0, 0.05) is 13.3 Å². The van der Waals surface area contributed by atoms with Gasteiger partial charge in [-0.1, -0.05) is 0 Å². The molecule has 0 spiro atoms. The minimum atomic E-state index is -0.834. The second-order valence-corrected chi connectivity index (χ2v) is 3.40. The first-order valence-electron chi connectivity index (χ1n) is 3.58. The quantitative estimate of drug-likeness (QED) is 0.627. The zero-order chi connectivity index (χ0) is 9.56. The molecule has 1 amide bonds. The van der Waals surface area contributed by atoms with Crippen molar-refractivity contribution in [1.29, 1.82) is 0 Å². The third-order valence-corrected chi connectivity index (χ3v) is 2.19. The molecule has 1 atom stereocenters. The normalized spacial score (nSPS) is 12.2. The highest BCUT2D eigenvalue weighted by molar-refractivity contribution is 7.99. The average molecular weight is 191 g/mol. The van der Waals surface area contributed by atoms with Crippen molar-refractivity contribution in [3.05, 3.63) is 0 Å². The van der Waals surface area contributed by atoms with Gasteiger partial charge in [-0.25, -0.2) is 0 Å². The van der Waals surface area contributed by atoms with E-state index in [-0.39, 0.29) is 17.7 Å². The minimum Gasteiger partial charge on any atom is -0.481 e. The number of carbonyl (C=O) groups is 2. The number of aliphatic carboxylic acids is 1. The maximum absolute atomic E-state index is 10.6. The Morgan fingerprint density at radius 2 is 2.17 bits per heavy atom. The molecule has 0 aromatic heterocycles. The highest BCUT2D eigenvalue weighted by Crippen LogP contribution is 2.09. The number of hydrogen-bond acceptors (Lipinski definition) is 3. The van der Waals surface area contributed by atoms with Crippen molar-refractivity contribution in [2.24, 2.45) is 0 Å². The summed E-state index contributed by atoms with van der Waals surface area (Å²) in [6.45, 7) is 1.42. The lowest BCUT2D eigenvalue weighted by molar-refractivity contribution is -0.137. The summed E-state index contributed by atoms with van der Waals surface area (Å²) < 4.78 is 0. The molecule has 2 N–H and O–H groups in total. The Labute approximate surface area is 75.7 Å². The summed E-state index contributed by atoms with van der Waals surface area (Å²) in [5.41, 5.74) is 0.